The van der Waals surface area contributed by atoms with Crippen LogP contribution in [-0.2, 0) is 6.42 Å². The number of nitrogens with zero attached hydrogens (tertiary/aromatic N) is 1. The molecule has 1 aromatic rings. The van der Waals surface area contributed by atoms with Crippen LogP contribution in [0.2, 0.25) is 0 Å². The van der Waals surface area contributed by atoms with Gasteiger partial charge in [-0.3, -0.25) is 4.90 Å². The van der Waals surface area contributed by atoms with Crippen LogP contribution in [0.15, 0.2) is 12.1 Å². The monoisotopic (exact) mass is 289 g/mol. The van der Waals surface area contributed by atoms with Gasteiger partial charge in [-0.05, 0) is 60.8 Å². The van der Waals surface area contributed by atoms with E-state index in [1.54, 1.807) is 7.11 Å². The predicted octanol–water partition coefficient (Wildman–Crippen LogP) is 3.76. The van der Waals surface area contributed by atoms with E-state index < -0.39 is 0 Å². The van der Waals surface area contributed by atoms with Crippen LogP contribution in [-0.4, -0.2) is 30.2 Å². The van der Waals surface area contributed by atoms with Crippen LogP contribution < -0.4 is 4.74 Å². The molecule has 0 spiro atoms. The summed E-state index contributed by atoms with van der Waals surface area (Å²) in [4.78, 5) is 2.65. The van der Waals surface area contributed by atoms with Crippen molar-refractivity contribution in [3.8, 4) is 11.5 Å². The Morgan fingerprint density at radius 2 is 2.14 bits per heavy atom. The fourth-order valence-corrected chi connectivity index (χ4v) is 4.17. The molecule has 116 valence electrons. The van der Waals surface area contributed by atoms with Gasteiger partial charge in [-0.1, -0.05) is 13.8 Å². The minimum Gasteiger partial charge on any atom is -0.504 e. The number of piperidine rings is 1. The highest BCUT2D eigenvalue weighted by atomic mass is 16.5. The van der Waals surface area contributed by atoms with Gasteiger partial charge in [0.15, 0.2) is 11.5 Å². The second-order valence-electron chi connectivity index (χ2n) is 7.06. The van der Waals surface area contributed by atoms with Crippen molar-refractivity contribution in [2.24, 2.45) is 11.8 Å². The third kappa shape index (κ3) is 2.89. The van der Waals surface area contributed by atoms with Crippen LogP contribution in [0, 0.1) is 11.8 Å². The average molecular weight is 289 g/mol. The SMILES string of the molecule is COc1cc2c(cc1O)CCN1C[C@H](CC(C)C)CC[C@@H]21. The van der Waals surface area contributed by atoms with Gasteiger partial charge in [0, 0.05) is 19.1 Å². The van der Waals surface area contributed by atoms with E-state index in [4.69, 9.17) is 4.74 Å². The Balaban J connectivity index is 1.81. The first kappa shape index (κ1) is 14.7. The molecule has 0 saturated carbocycles. The van der Waals surface area contributed by atoms with Gasteiger partial charge in [0.05, 0.1) is 7.11 Å². The van der Waals surface area contributed by atoms with Crippen LogP contribution in [0.4, 0.5) is 0 Å². The molecule has 3 rings (SSSR count). The van der Waals surface area contributed by atoms with Gasteiger partial charge in [0.2, 0.25) is 0 Å². The van der Waals surface area contributed by atoms with Crippen molar-refractivity contribution in [3.05, 3.63) is 23.3 Å². The summed E-state index contributed by atoms with van der Waals surface area (Å²) in [7, 11) is 1.63. The molecule has 2 aliphatic heterocycles. The average Bonchev–Trinajstić information content (AvgIpc) is 2.45. The number of hydrogen-bond donors (Lipinski definition) is 1. The zero-order valence-electron chi connectivity index (χ0n) is 13.4. The summed E-state index contributed by atoms with van der Waals surface area (Å²) in [5.74, 6) is 2.53. The second kappa shape index (κ2) is 5.88. The molecule has 1 fully saturated rings. The number of phenols is 1. The van der Waals surface area contributed by atoms with E-state index in [1.165, 1.54) is 36.9 Å². The molecule has 0 amide bonds. The van der Waals surface area contributed by atoms with Crippen molar-refractivity contribution in [1.29, 1.82) is 0 Å². The topological polar surface area (TPSA) is 32.7 Å². The first-order valence-electron chi connectivity index (χ1n) is 8.22. The molecule has 2 heterocycles. The molecular weight excluding hydrogens is 262 g/mol. The minimum absolute atomic E-state index is 0.276. The lowest BCUT2D eigenvalue weighted by molar-refractivity contribution is 0.0894. The van der Waals surface area contributed by atoms with E-state index in [0.717, 1.165) is 24.8 Å². The van der Waals surface area contributed by atoms with E-state index in [9.17, 15) is 5.11 Å². The lowest BCUT2D eigenvalue weighted by atomic mass is 9.81. The summed E-state index contributed by atoms with van der Waals surface area (Å²) in [6.45, 7) is 7.00. The maximum absolute atomic E-state index is 9.97. The molecule has 1 aromatic carbocycles. The number of fused-ring (bicyclic) bond motifs is 3. The maximum atomic E-state index is 9.97. The summed E-state index contributed by atoms with van der Waals surface area (Å²) in [6, 6.07) is 4.49. The number of rotatable bonds is 3. The third-order valence-corrected chi connectivity index (χ3v) is 5.05. The van der Waals surface area contributed by atoms with E-state index in [2.05, 4.69) is 24.8 Å². The first-order chi connectivity index (χ1) is 10.1. The largest absolute Gasteiger partial charge is 0.504 e. The molecular formula is C18H27NO2. The quantitative estimate of drug-likeness (QED) is 0.919. The second-order valence-corrected chi connectivity index (χ2v) is 7.06. The number of methoxy groups -OCH3 is 1. The van der Waals surface area contributed by atoms with Crippen molar-refractivity contribution < 1.29 is 9.84 Å². The lowest BCUT2D eigenvalue weighted by Gasteiger charge is -2.44. The fourth-order valence-electron chi connectivity index (χ4n) is 4.17. The summed E-state index contributed by atoms with van der Waals surface area (Å²) >= 11 is 0. The van der Waals surface area contributed by atoms with Gasteiger partial charge in [-0.2, -0.15) is 0 Å². The molecule has 21 heavy (non-hydrogen) atoms. The highest BCUT2D eigenvalue weighted by Gasteiger charge is 2.34. The molecule has 0 radical (unpaired) electrons. The highest BCUT2D eigenvalue weighted by Crippen LogP contribution is 2.43. The van der Waals surface area contributed by atoms with Crippen molar-refractivity contribution in [2.75, 3.05) is 20.2 Å². The fraction of sp³-hybridized carbons (Fsp3) is 0.667. The molecule has 3 heteroatoms. The Hall–Kier alpha value is -1.22. The van der Waals surface area contributed by atoms with Crippen LogP contribution >= 0.6 is 0 Å². The van der Waals surface area contributed by atoms with Crippen molar-refractivity contribution in [1.82, 2.24) is 4.90 Å². The number of hydrogen-bond acceptors (Lipinski definition) is 3. The zero-order chi connectivity index (χ0) is 15.0. The highest BCUT2D eigenvalue weighted by molar-refractivity contribution is 5.48. The lowest BCUT2D eigenvalue weighted by Crippen LogP contribution is -2.42. The maximum Gasteiger partial charge on any atom is 0.160 e. The molecule has 1 saturated heterocycles. The number of ether oxygens (including phenoxy) is 1. The molecule has 3 nitrogen and oxygen atoms in total. The molecule has 1 N–H and O–H groups in total. The summed E-state index contributed by atoms with van der Waals surface area (Å²) in [5, 5.41) is 9.97. The zero-order valence-corrected chi connectivity index (χ0v) is 13.4. The Morgan fingerprint density at radius 3 is 2.86 bits per heavy atom. The van der Waals surface area contributed by atoms with E-state index in [0.29, 0.717) is 11.8 Å². The van der Waals surface area contributed by atoms with Gasteiger partial charge >= 0.3 is 0 Å². The van der Waals surface area contributed by atoms with Crippen LogP contribution in [0.3, 0.4) is 0 Å². The van der Waals surface area contributed by atoms with E-state index in [-0.39, 0.29) is 5.75 Å². The summed E-state index contributed by atoms with van der Waals surface area (Å²) < 4.78 is 5.30. The molecule has 0 aliphatic carbocycles. The standard InChI is InChI=1S/C18H27NO2/c1-12(2)8-13-4-5-16-15-10-18(21-3)17(20)9-14(15)6-7-19(16)11-13/h9-10,12-13,16,20H,4-8,11H2,1-3H3/t13-,16-/m0/s1. The summed E-state index contributed by atoms with van der Waals surface area (Å²) in [6.07, 6.45) is 4.94. The number of aromatic hydroxyl groups is 1. The third-order valence-electron chi connectivity index (χ3n) is 5.05. The molecule has 2 atom stereocenters. The van der Waals surface area contributed by atoms with Crippen molar-refractivity contribution >= 4 is 0 Å². The Morgan fingerprint density at radius 1 is 1.33 bits per heavy atom. The smallest absolute Gasteiger partial charge is 0.160 e. The Kier molecular flexibility index (Phi) is 4.12. The van der Waals surface area contributed by atoms with Crippen molar-refractivity contribution in [3.63, 3.8) is 0 Å². The Bertz CT molecular complexity index is 512. The van der Waals surface area contributed by atoms with Gasteiger partial charge in [-0.25, -0.2) is 0 Å². The van der Waals surface area contributed by atoms with Gasteiger partial charge in [0.25, 0.3) is 0 Å². The van der Waals surface area contributed by atoms with Crippen molar-refractivity contribution in [2.45, 2.75) is 45.6 Å². The number of benzene rings is 1. The van der Waals surface area contributed by atoms with Gasteiger partial charge in [0.1, 0.15) is 0 Å². The normalized spacial score (nSPS) is 25.5. The molecule has 0 unspecified atom stereocenters. The van der Waals surface area contributed by atoms with Gasteiger partial charge < -0.3 is 9.84 Å². The van der Waals surface area contributed by atoms with Crippen LogP contribution in [0.25, 0.3) is 0 Å². The molecule has 0 aromatic heterocycles. The Labute approximate surface area is 127 Å². The van der Waals surface area contributed by atoms with Crippen LogP contribution in [0.5, 0.6) is 11.5 Å². The predicted molar refractivity (Wildman–Crippen MR) is 84.9 cm³/mol. The molecule has 0 bridgehead atoms. The van der Waals surface area contributed by atoms with Crippen LogP contribution in [0.1, 0.15) is 50.3 Å². The van der Waals surface area contributed by atoms with Gasteiger partial charge in [-0.15, -0.1) is 0 Å². The summed E-state index contributed by atoms with van der Waals surface area (Å²) in [5.41, 5.74) is 2.68. The van der Waals surface area contributed by atoms with E-state index in [1.807, 2.05) is 6.07 Å². The number of phenolic OH excluding ortho intramolecular Hbond substituents is 1. The first-order valence-corrected chi connectivity index (χ1v) is 8.22. The molecule has 2 aliphatic rings. The minimum atomic E-state index is 0.276. The van der Waals surface area contributed by atoms with E-state index >= 15 is 0 Å².